The van der Waals surface area contributed by atoms with Crippen molar-refractivity contribution in [2.24, 2.45) is 0 Å². The van der Waals surface area contributed by atoms with Gasteiger partial charge in [-0.1, -0.05) is 6.92 Å². The van der Waals surface area contributed by atoms with Crippen molar-refractivity contribution in [3.63, 3.8) is 0 Å². The first-order valence-corrected chi connectivity index (χ1v) is 11.3. The molecule has 3 heterocycles. The molecule has 6 nitrogen and oxygen atoms in total. The zero-order valence-electron chi connectivity index (χ0n) is 17.2. The third kappa shape index (κ3) is 4.56. The van der Waals surface area contributed by atoms with Gasteiger partial charge in [-0.15, -0.1) is 11.3 Å². The van der Waals surface area contributed by atoms with Crippen LogP contribution in [-0.2, 0) is 11.3 Å². The van der Waals surface area contributed by atoms with Crippen LogP contribution >= 0.6 is 11.3 Å². The maximum Gasteiger partial charge on any atom is 0.224 e. The molecule has 1 aromatic heterocycles. The van der Waals surface area contributed by atoms with E-state index in [9.17, 15) is 4.79 Å². The van der Waals surface area contributed by atoms with E-state index in [1.807, 2.05) is 34.7 Å². The summed E-state index contributed by atoms with van der Waals surface area (Å²) in [7, 11) is 1.68. The van der Waals surface area contributed by atoms with Crippen LogP contribution < -0.4 is 9.47 Å². The van der Waals surface area contributed by atoms with E-state index in [0.717, 1.165) is 67.5 Å². The summed E-state index contributed by atoms with van der Waals surface area (Å²) in [5.41, 5.74) is 1.12. The van der Waals surface area contributed by atoms with Crippen molar-refractivity contribution in [2.75, 3.05) is 26.7 Å². The number of methoxy groups -OCH3 is 1. The van der Waals surface area contributed by atoms with Crippen molar-refractivity contribution in [1.29, 1.82) is 0 Å². The van der Waals surface area contributed by atoms with Gasteiger partial charge in [-0.2, -0.15) is 0 Å². The predicted octanol–water partition coefficient (Wildman–Crippen LogP) is 3.88. The number of hydrogen-bond acceptors (Lipinski definition) is 6. The minimum Gasteiger partial charge on any atom is -0.497 e. The van der Waals surface area contributed by atoms with E-state index >= 15 is 0 Å². The number of aromatic nitrogens is 1. The van der Waals surface area contributed by atoms with E-state index in [-0.39, 0.29) is 18.1 Å². The summed E-state index contributed by atoms with van der Waals surface area (Å²) in [5, 5.41) is 3.05. The molecule has 7 heteroatoms. The Kier molecular flexibility index (Phi) is 6.35. The summed E-state index contributed by atoms with van der Waals surface area (Å²) in [6.45, 7) is 5.31. The number of benzene rings is 1. The third-order valence-electron chi connectivity index (χ3n) is 5.82. The lowest BCUT2D eigenvalue weighted by Crippen LogP contribution is -2.37. The smallest absolute Gasteiger partial charge is 0.224 e. The lowest BCUT2D eigenvalue weighted by Gasteiger charge is -2.26. The molecule has 0 radical (unpaired) electrons. The van der Waals surface area contributed by atoms with Gasteiger partial charge in [0.1, 0.15) is 22.6 Å². The SMILES string of the molecule is CC[C@H]1CN(CCC(=O)N2CCC[C@H]2c2nccs2)Cc2cc(OC)ccc2O1. The van der Waals surface area contributed by atoms with Gasteiger partial charge in [0.15, 0.2) is 0 Å². The first kappa shape index (κ1) is 20.2. The molecule has 0 spiro atoms. The number of carbonyl (C=O) groups is 1. The van der Waals surface area contributed by atoms with Crippen LogP contribution in [-0.4, -0.2) is 53.5 Å². The van der Waals surface area contributed by atoms with Gasteiger partial charge in [0.05, 0.1) is 13.2 Å². The molecule has 0 bridgehead atoms. The first-order valence-electron chi connectivity index (χ1n) is 10.4. The van der Waals surface area contributed by atoms with Gasteiger partial charge in [-0.3, -0.25) is 9.69 Å². The number of amides is 1. The molecule has 156 valence electrons. The van der Waals surface area contributed by atoms with Crippen LogP contribution in [0.25, 0.3) is 0 Å². The van der Waals surface area contributed by atoms with E-state index in [4.69, 9.17) is 9.47 Å². The van der Waals surface area contributed by atoms with E-state index < -0.39 is 0 Å². The molecule has 0 saturated carbocycles. The molecule has 0 N–H and O–H groups in total. The van der Waals surface area contributed by atoms with Crippen LogP contribution in [0.2, 0.25) is 0 Å². The summed E-state index contributed by atoms with van der Waals surface area (Å²) >= 11 is 1.65. The second kappa shape index (κ2) is 9.13. The molecule has 0 unspecified atom stereocenters. The van der Waals surface area contributed by atoms with E-state index in [1.165, 1.54) is 0 Å². The molecule has 2 atom stereocenters. The predicted molar refractivity (Wildman–Crippen MR) is 113 cm³/mol. The fourth-order valence-corrected chi connectivity index (χ4v) is 5.02. The number of hydrogen-bond donors (Lipinski definition) is 0. The second-order valence-corrected chi connectivity index (χ2v) is 8.65. The van der Waals surface area contributed by atoms with Gasteiger partial charge in [-0.25, -0.2) is 4.98 Å². The highest BCUT2D eigenvalue weighted by atomic mass is 32.1. The largest absolute Gasteiger partial charge is 0.497 e. The molecule has 1 aromatic carbocycles. The normalized spacial score (nSPS) is 22.1. The Hall–Kier alpha value is -2.12. The number of nitrogens with zero attached hydrogens (tertiary/aromatic N) is 3. The fourth-order valence-electron chi connectivity index (χ4n) is 4.23. The molecular formula is C22H29N3O3S. The van der Waals surface area contributed by atoms with Crippen LogP contribution in [0, 0.1) is 0 Å². The van der Waals surface area contributed by atoms with E-state index in [2.05, 4.69) is 16.8 Å². The zero-order valence-corrected chi connectivity index (χ0v) is 18.0. The highest BCUT2D eigenvalue weighted by Gasteiger charge is 2.32. The minimum absolute atomic E-state index is 0.134. The van der Waals surface area contributed by atoms with Crippen molar-refractivity contribution in [1.82, 2.24) is 14.8 Å². The number of fused-ring (bicyclic) bond motifs is 1. The molecule has 2 aromatic rings. The van der Waals surface area contributed by atoms with E-state index in [0.29, 0.717) is 6.42 Å². The molecular weight excluding hydrogens is 386 g/mol. The highest BCUT2D eigenvalue weighted by Crippen LogP contribution is 2.34. The van der Waals surface area contributed by atoms with Crippen molar-refractivity contribution >= 4 is 17.2 Å². The van der Waals surface area contributed by atoms with Gasteiger partial charge in [0.2, 0.25) is 5.91 Å². The first-order chi connectivity index (χ1) is 14.2. The van der Waals surface area contributed by atoms with Crippen LogP contribution in [0.5, 0.6) is 11.5 Å². The molecule has 4 rings (SSSR count). The lowest BCUT2D eigenvalue weighted by atomic mass is 10.1. The summed E-state index contributed by atoms with van der Waals surface area (Å²) in [6.07, 6.45) is 5.50. The van der Waals surface area contributed by atoms with Crippen LogP contribution in [0.1, 0.15) is 49.2 Å². The Balaban J connectivity index is 1.42. The molecule has 1 amide bonds. The number of thiazole rings is 1. The zero-order chi connectivity index (χ0) is 20.2. The second-order valence-electron chi connectivity index (χ2n) is 7.72. The number of ether oxygens (including phenoxy) is 2. The Morgan fingerprint density at radius 1 is 1.41 bits per heavy atom. The van der Waals surface area contributed by atoms with Gasteiger partial charge in [0, 0.05) is 49.7 Å². The monoisotopic (exact) mass is 415 g/mol. The number of likely N-dealkylation sites (tertiary alicyclic amines) is 1. The third-order valence-corrected chi connectivity index (χ3v) is 6.70. The average molecular weight is 416 g/mol. The van der Waals surface area contributed by atoms with Gasteiger partial charge < -0.3 is 14.4 Å². The van der Waals surface area contributed by atoms with Crippen LogP contribution in [0.15, 0.2) is 29.8 Å². The Morgan fingerprint density at radius 3 is 3.07 bits per heavy atom. The van der Waals surface area contributed by atoms with Crippen molar-refractivity contribution < 1.29 is 14.3 Å². The number of carbonyl (C=O) groups excluding carboxylic acids is 1. The van der Waals surface area contributed by atoms with Crippen LogP contribution in [0.3, 0.4) is 0 Å². The van der Waals surface area contributed by atoms with Crippen LogP contribution in [0.4, 0.5) is 0 Å². The highest BCUT2D eigenvalue weighted by molar-refractivity contribution is 7.09. The molecule has 2 aliphatic heterocycles. The Morgan fingerprint density at radius 2 is 2.31 bits per heavy atom. The lowest BCUT2D eigenvalue weighted by molar-refractivity contribution is -0.132. The van der Waals surface area contributed by atoms with Gasteiger partial charge in [0.25, 0.3) is 0 Å². The van der Waals surface area contributed by atoms with E-state index in [1.54, 1.807) is 18.4 Å². The Labute approximate surface area is 176 Å². The van der Waals surface area contributed by atoms with Crippen molar-refractivity contribution in [3.8, 4) is 11.5 Å². The summed E-state index contributed by atoms with van der Waals surface area (Å²) in [6, 6.07) is 6.13. The topological polar surface area (TPSA) is 54.9 Å². The Bertz CT molecular complexity index is 827. The quantitative estimate of drug-likeness (QED) is 0.717. The molecule has 29 heavy (non-hydrogen) atoms. The minimum atomic E-state index is 0.134. The standard InChI is InChI=1S/C22H29N3O3S/c1-3-17-15-24(14-16-13-18(27-2)6-7-20(16)28-17)11-8-21(26)25-10-4-5-19(25)22-23-9-12-29-22/h6-7,9,12-13,17,19H,3-5,8,10-11,14-15H2,1-2H3/t17-,19-/m0/s1. The summed E-state index contributed by atoms with van der Waals surface area (Å²) in [4.78, 5) is 21.8. The van der Waals surface area contributed by atoms with Crippen molar-refractivity contribution in [2.45, 2.75) is 51.3 Å². The molecule has 1 saturated heterocycles. The van der Waals surface area contributed by atoms with Gasteiger partial charge in [-0.05, 0) is 37.5 Å². The summed E-state index contributed by atoms with van der Waals surface area (Å²) in [5.74, 6) is 1.99. The fraction of sp³-hybridized carbons (Fsp3) is 0.545. The van der Waals surface area contributed by atoms with Crippen molar-refractivity contribution in [3.05, 3.63) is 40.3 Å². The maximum atomic E-state index is 13.0. The average Bonchev–Trinajstić information content (AvgIpc) is 3.40. The molecule has 1 fully saturated rings. The number of rotatable bonds is 6. The molecule has 0 aliphatic carbocycles. The maximum absolute atomic E-state index is 13.0. The van der Waals surface area contributed by atoms with Gasteiger partial charge >= 0.3 is 0 Å². The summed E-state index contributed by atoms with van der Waals surface area (Å²) < 4.78 is 11.6. The molecule has 2 aliphatic rings.